The highest BCUT2D eigenvalue weighted by Crippen LogP contribution is 2.31. The van der Waals surface area contributed by atoms with Gasteiger partial charge in [0.2, 0.25) is 0 Å². The monoisotopic (exact) mass is 333 g/mol. The molecule has 1 aromatic carbocycles. The number of hydrogen-bond acceptors (Lipinski definition) is 3. The average Bonchev–Trinajstić information content (AvgIpc) is 2.52. The van der Waals surface area contributed by atoms with Gasteiger partial charge in [0.25, 0.3) is 0 Å². The van der Waals surface area contributed by atoms with Crippen LogP contribution in [0.15, 0.2) is 24.3 Å². The second kappa shape index (κ2) is 7.40. The molecule has 3 nitrogen and oxygen atoms in total. The molecule has 0 amide bonds. The summed E-state index contributed by atoms with van der Waals surface area (Å²) in [5, 5.41) is 9.26. The van der Waals surface area contributed by atoms with Crippen LogP contribution in [0.2, 0.25) is 0 Å². The molecule has 0 saturated carbocycles. The number of benzene rings is 1. The lowest BCUT2D eigenvalue weighted by Gasteiger charge is -2.34. The Morgan fingerprint density at radius 1 is 1.22 bits per heavy atom. The predicted molar refractivity (Wildman–Crippen MR) is 76.6 cm³/mol. The zero-order chi connectivity index (χ0) is 17.0. The molecule has 1 atom stereocenters. The molecule has 1 unspecified atom stereocenters. The van der Waals surface area contributed by atoms with Gasteiger partial charge in [-0.2, -0.15) is 13.2 Å². The maximum absolute atomic E-state index is 12.8. The molecule has 0 bridgehead atoms. The van der Waals surface area contributed by atoms with Crippen molar-refractivity contribution in [2.75, 3.05) is 19.6 Å². The molecule has 1 aliphatic heterocycles. The number of rotatable bonds is 5. The lowest BCUT2D eigenvalue weighted by atomic mass is 9.90. The summed E-state index contributed by atoms with van der Waals surface area (Å²) < 4.78 is 50.2. The van der Waals surface area contributed by atoms with Crippen LogP contribution < -0.4 is 0 Å². The van der Waals surface area contributed by atoms with E-state index in [0.717, 1.165) is 0 Å². The summed E-state index contributed by atoms with van der Waals surface area (Å²) in [7, 11) is 0. The zero-order valence-electron chi connectivity index (χ0n) is 12.5. The Balaban J connectivity index is 1.76. The van der Waals surface area contributed by atoms with E-state index in [1.165, 1.54) is 24.3 Å². The number of likely N-dealkylation sites (tertiary alicyclic amines) is 1. The van der Waals surface area contributed by atoms with Gasteiger partial charge in [0, 0.05) is 18.5 Å². The molecular formula is C16H19F4NO2. The van der Waals surface area contributed by atoms with Crippen LogP contribution in [-0.4, -0.2) is 47.7 Å². The van der Waals surface area contributed by atoms with E-state index in [4.69, 9.17) is 0 Å². The largest absolute Gasteiger partial charge is 0.414 e. The van der Waals surface area contributed by atoms with Gasteiger partial charge < -0.3 is 10.0 Å². The molecule has 0 radical (unpaired) electrons. The summed E-state index contributed by atoms with van der Waals surface area (Å²) in [6.07, 6.45) is -6.11. The molecule has 1 saturated heterocycles. The van der Waals surface area contributed by atoms with Crippen molar-refractivity contribution in [1.82, 2.24) is 4.90 Å². The highest BCUT2D eigenvalue weighted by Gasteiger charge is 2.44. The highest BCUT2D eigenvalue weighted by atomic mass is 19.4. The Morgan fingerprint density at radius 3 is 2.30 bits per heavy atom. The van der Waals surface area contributed by atoms with Gasteiger partial charge in [0.15, 0.2) is 11.9 Å². The van der Waals surface area contributed by atoms with Crippen molar-refractivity contribution in [2.24, 2.45) is 5.92 Å². The Hall–Kier alpha value is -1.47. The van der Waals surface area contributed by atoms with Crippen molar-refractivity contribution in [2.45, 2.75) is 31.5 Å². The number of carbonyl (C=O) groups is 1. The van der Waals surface area contributed by atoms with E-state index in [9.17, 15) is 27.5 Å². The maximum atomic E-state index is 12.8. The average molecular weight is 333 g/mol. The predicted octanol–water partition coefficient (Wildman–Crippen LogP) is 3.03. The number of carbonyl (C=O) groups excluding carboxylic acids is 1. The Morgan fingerprint density at radius 2 is 1.78 bits per heavy atom. The Bertz CT molecular complexity index is 522. The van der Waals surface area contributed by atoms with Gasteiger partial charge in [0.05, 0.1) is 0 Å². The van der Waals surface area contributed by atoms with Gasteiger partial charge >= 0.3 is 6.18 Å². The van der Waals surface area contributed by atoms with E-state index in [0.29, 0.717) is 25.2 Å². The second-order valence-electron chi connectivity index (χ2n) is 5.85. The molecular weight excluding hydrogens is 314 g/mol. The van der Waals surface area contributed by atoms with Crippen LogP contribution in [0, 0.1) is 11.7 Å². The lowest BCUT2D eigenvalue weighted by Crippen LogP contribution is -2.43. The highest BCUT2D eigenvalue weighted by molar-refractivity contribution is 5.96. The minimum absolute atomic E-state index is 0.123. The van der Waals surface area contributed by atoms with E-state index >= 15 is 0 Å². The van der Waals surface area contributed by atoms with E-state index in [1.54, 1.807) is 0 Å². The van der Waals surface area contributed by atoms with Crippen LogP contribution in [0.25, 0.3) is 0 Å². The van der Waals surface area contributed by atoms with Crippen molar-refractivity contribution < 1.29 is 27.5 Å². The fourth-order valence-corrected chi connectivity index (χ4v) is 2.80. The minimum Gasteiger partial charge on any atom is -0.383 e. The normalized spacial score (nSPS) is 18.8. The van der Waals surface area contributed by atoms with E-state index < -0.39 is 24.0 Å². The van der Waals surface area contributed by atoms with E-state index in [-0.39, 0.29) is 25.0 Å². The number of aliphatic hydroxyl groups is 1. The van der Waals surface area contributed by atoms with Gasteiger partial charge in [-0.15, -0.1) is 0 Å². The number of alkyl halides is 3. The quantitative estimate of drug-likeness (QED) is 0.665. The number of aliphatic hydroxyl groups excluding tert-OH is 1. The van der Waals surface area contributed by atoms with Gasteiger partial charge in [-0.05, 0) is 56.1 Å². The van der Waals surface area contributed by atoms with Crippen molar-refractivity contribution in [1.29, 1.82) is 0 Å². The third-order valence-corrected chi connectivity index (χ3v) is 4.24. The number of Topliss-reactive ketones (excluding diaryl/α,β-unsaturated/α-hetero) is 1. The molecule has 0 aromatic heterocycles. The molecule has 7 heteroatoms. The first-order chi connectivity index (χ1) is 10.8. The third kappa shape index (κ3) is 5.00. The summed E-state index contributed by atoms with van der Waals surface area (Å²) >= 11 is 0. The molecule has 0 spiro atoms. The number of nitrogens with zero attached hydrogens (tertiary/aromatic N) is 1. The minimum atomic E-state index is -4.58. The standard InChI is InChI=1S/C16H19F4NO2/c17-13-3-1-11(2-4-13)14(22)7-10-21-8-5-12(6-9-21)15(23)16(18,19)20/h1-4,12,15,23H,5-10H2. The first-order valence-corrected chi connectivity index (χ1v) is 7.53. The smallest absolute Gasteiger partial charge is 0.383 e. The number of halogens is 4. The molecule has 2 rings (SSSR count). The van der Waals surface area contributed by atoms with Crippen LogP contribution in [0.4, 0.5) is 17.6 Å². The van der Waals surface area contributed by atoms with E-state index in [1.807, 2.05) is 4.90 Å². The summed E-state index contributed by atoms with van der Waals surface area (Å²) in [6.45, 7) is 1.30. The van der Waals surface area contributed by atoms with E-state index in [2.05, 4.69) is 0 Å². The zero-order valence-corrected chi connectivity index (χ0v) is 12.5. The molecule has 1 aromatic rings. The number of ketones is 1. The van der Waals surface area contributed by atoms with Gasteiger partial charge in [0.1, 0.15) is 5.82 Å². The summed E-state index contributed by atoms with van der Waals surface area (Å²) in [5.74, 6) is -1.31. The van der Waals surface area contributed by atoms with Crippen LogP contribution in [0.1, 0.15) is 29.6 Å². The van der Waals surface area contributed by atoms with Crippen LogP contribution in [-0.2, 0) is 0 Å². The second-order valence-corrected chi connectivity index (χ2v) is 5.85. The van der Waals surface area contributed by atoms with Crippen molar-refractivity contribution in [3.63, 3.8) is 0 Å². The SMILES string of the molecule is O=C(CCN1CCC(C(O)C(F)(F)F)CC1)c1ccc(F)cc1. The fourth-order valence-electron chi connectivity index (χ4n) is 2.80. The lowest BCUT2D eigenvalue weighted by molar-refractivity contribution is -0.223. The fraction of sp³-hybridized carbons (Fsp3) is 0.562. The molecule has 1 aliphatic rings. The molecule has 23 heavy (non-hydrogen) atoms. The third-order valence-electron chi connectivity index (χ3n) is 4.24. The van der Waals surface area contributed by atoms with Crippen LogP contribution >= 0.6 is 0 Å². The number of piperidine rings is 1. The first-order valence-electron chi connectivity index (χ1n) is 7.53. The molecule has 128 valence electrons. The van der Waals surface area contributed by atoms with Crippen LogP contribution in [0.5, 0.6) is 0 Å². The summed E-state index contributed by atoms with van der Waals surface area (Å²) in [4.78, 5) is 13.9. The van der Waals surface area contributed by atoms with Gasteiger partial charge in [-0.25, -0.2) is 4.39 Å². The molecule has 1 N–H and O–H groups in total. The van der Waals surface area contributed by atoms with Crippen molar-refractivity contribution in [3.8, 4) is 0 Å². The van der Waals surface area contributed by atoms with Crippen LogP contribution in [0.3, 0.4) is 0 Å². The summed E-state index contributed by atoms with van der Waals surface area (Å²) in [6, 6.07) is 5.28. The topological polar surface area (TPSA) is 40.5 Å². The van der Waals surface area contributed by atoms with Crippen molar-refractivity contribution >= 4 is 5.78 Å². The van der Waals surface area contributed by atoms with Gasteiger partial charge in [-0.1, -0.05) is 0 Å². The summed E-state index contributed by atoms with van der Waals surface area (Å²) in [5.41, 5.74) is 0.425. The van der Waals surface area contributed by atoms with Gasteiger partial charge in [-0.3, -0.25) is 4.79 Å². The molecule has 0 aliphatic carbocycles. The number of hydrogen-bond donors (Lipinski definition) is 1. The Labute approximate surface area is 131 Å². The first kappa shape index (κ1) is 17.9. The molecule has 1 fully saturated rings. The molecule has 1 heterocycles. The maximum Gasteiger partial charge on any atom is 0.414 e. The van der Waals surface area contributed by atoms with Crippen molar-refractivity contribution in [3.05, 3.63) is 35.6 Å². The Kier molecular flexibility index (Phi) is 5.75.